The molecule has 0 atom stereocenters. The van der Waals surface area contributed by atoms with Gasteiger partial charge in [0.25, 0.3) is 0 Å². The molecule has 0 fully saturated rings. The quantitative estimate of drug-likeness (QED) is 0.119. The average molecular weight is 633 g/mol. The normalized spacial score (nSPS) is 11.0. The molecular weight excluding hydrogens is 589 g/mol. The maximum Gasteiger partial charge on any atom is -0.0184 e. The van der Waals surface area contributed by atoms with Crippen molar-refractivity contribution in [2.45, 2.75) is 44.9 Å². The molecule has 0 spiro atoms. The summed E-state index contributed by atoms with van der Waals surface area (Å²) < 4.78 is 0. The van der Waals surface area contributed by atoms with Crippen molar-refractivity contribution < 1.29 is 0 Å². The van der Waals surface area contributed by atoms with E-state index in [1.54, 1.807) is 0 Å². The van der Waals surface area contributed by atoms with Crippen LogP contribution in [0.1, 0.15) is 39.8 Å². The lowest BCUT2D eigenvalue weighted by molar-refractivity contribution is 0.814. The Hall–Kier alpha value is -5.46. The van der Waals surface area contributed by atoms with Gasteiger partial charge in [-0.2, -0.15) is 0 Å². The minimum atomic E-state index is 1.05. The van der Waals surface area contributed by atoms with Crippen molar-refractivity contribution in [1.82, 2.24) is 0 Å². The Labute approximate surface area is 292 Å². The van der Waals surface area contributed by atoms with Gasteiger partial charge in [-0.15, -0.1) is 0 Å². The summed E-state index contributed by atoms with van der Waals surface area (Å²) in [6.45, 7) is 0. The van der Waals surface area contributed by atoms with E-state index in [1.165, 1.54) is 66.8 Å². The van der Waals surface area contributed by atoms with E-state index in [9.17, 15) is 0 Å². The van der Waals surface area contributed by atoms with Crippen LogP contribution in [0.5, 0.6) is 0 Å². The first-order chi connectivity index (χ1) is 24.2. The second-order valence-corrected chi connectivity index (χ2v) is 13.2. The molecule has 0 aromatic heterocycles. The van der Waals surface area contributed by atoms with Gasteiger partial charge in [0.2, 0.25) is 0 Å². The molecule has 0 heteroatoms. The van der Waals surface area contributed by atoms with Gasteiger partial charge in [0.05, 0.1) is 0 Å². The predicted molar refractivity (Wildman–Crippen MR) is 209 cm³/mol. The lowest BCUT2D eigenvalue weighted by Crippen LogP contribution is -1.99. The molecule has 0 N–H and O–H groups in total. The van der Waals surface area contributed by atoms with Crippen LogP contribution in [0.25, 0.3) is 33.4 Å². The Morgan fingerprint density at radius 1 is 0.204 bits per heavy atom. The van der Waals surface area contributed by atoms with E-state index in [0.29, 0.717) is 0 Å². The summed E-state index contributed by atoms with van der Waals surface area (Å²) in [5.74, 6) is 0. The fraction of sp³-hybridized carbons (Fsp3) is 0.143. The van der Waals surface area contributed by atoms with Gasteiger partial charge in [0, 0.05) is 0 Å². The highest BCUT2D eigenvalue weighted by Gasteiger charge is 2.07. The molecule has 7 rings (SSSR count). The summed E-state index contributed by atoms with van der Waals surface area (Å²) in [4.78, 5) is 0. The van der Waals surface area contributed by atoms with Crippen molar-refractivity contribution in [3.8, 4) is 33.4 Å². The van der Waals surface area contributed by atoms with Gasteiger partial charge in [-0.05, 0) is 112 Å². The third-order valence-corrected chi connectivity index (χ3v) is 9.63. The highest BCUT2D eigenvalue weighted by Crippen LogP contribution is 2.24. The summed E-state index contributed by atoms with van der Waals surface area (Å²) in [7, 11) is 0. The Morgan fingerprint density at radius 2 is 0.449 bits per heavy atom. The molecule has 0 aliphatic carbocycles. The number of aryl methyl sites for hydroxylation is 6. The van der Waals surface area contributed by atoms with E-state index >= 15 is 0 Å². The SMILES string of the molecule is c1ccc(-c2ccc(CCCc3cc(CCc4ccc(-c5ccccc5)cc4)cc(CCc4ccc(-c5ccccc5)cc4)c3)cc2)cc1. The molecule has 0 aliphatic rings. The number of rotatable bonds is 13. The average Bonchev–Trinajstić information content (AvgIpc) is 3.18. The van der Waals surface area contributed by atoms with Gasteiger partial charge in [0.15, 0.2) is 0 Å². The minimum absolute atomic E-state index is 1.05. The summed E-state index contributed by atoms with van der Waals surface area (Å²) in [6, 6.07) is 66.7. The standard InChI is InChI=1S/C49H44/c1-4-13-44(14-5-1)47-29-23-38(24-30-47)11-10-12-41-35-42(21-19-39-25-31-48(32-26-39)45-15-6-2-7-16-45)37-43(36-41)22-20-40-27-33-49(34-28-40)46-17-8-3-9-18-46/h1-9,13-18,23-37H,10-12,19-22H2. The van der Waals surface area contributed by atoms with Crippen LogP contribution in [-0.4, -0.2) is 0 Å². The van der Waals surface area contributed by atoms with Crippen LogP contribution >= 0.6 is 0 Å². The molecule has 0 saturated heterocycles. The Morgan fingerprint density at radius 3 is 0.796 bits per heavy atom. The fourth-order valence-electron chi connectivity index (χ4n) is 6.83. The first-order valence-electron chi connectivity index (χ1n) is 17.8. The molecular formula is C49H44. The van der Waals surface area contributed by atoms with Gasteiger partial charge in [-0.3, -0.25) is 0 Å². The topological polar surface area (TPSA) is 0 Å². The molecule has 0 unspecified atom stereocenters. The summed E-state index contributed by atoms with van der Waals surface area (Å²) >= 11 is 0. The molecule has 0 heterocycles. The molecule has 7 aromatic rings. The van der Waals surface area contributed by atoms with Gasteiger partial charge < -0.3 is 0 Å². The number of benzene rings is 7. The van der Waals surface area contributed by atoms with Crippen molar-refractivity contribution in [2.24, 2.45) is 0 Å². The molecule has 240 valence electrons. The molecule has 49 heavy (non-hydrogen) atoms. The first-order valence-corrected chi connectivity index (χ1v) is 17.8. The van der Waals surface area contributed by atoms with E-state index in [-0.39, 0.29) is 0 Å². The molecule has 0 aliphatic heterocycles. The summed E-state index contributed by atoms with van der Waals surface area (Å²) in [5, 5.41) is 0. The number of hydrogen-bond donors (Lipinski definition) is 0. The van der Waals surface area contributed by atoms with Crippen molar-refractivity contribution in [1.29, 1.82) is 0 Å². The van der Waals surface area contributed by atoms with Crippen molar-refractivity contribution in [3.05, 3.63) is 215 Å². The second kappa shape index (κ2) is 16.1. The Kier molecular flexibility index (Phi) is 10.5. The van der Waals surface area contributed by atoms with Crippen LogP contribution in [0, 0.1) is 0 Å². The van der Waals surface area contributed by atoms with Crippen molar-refractivity contribution in [2.75, 3.05) is 0 Å². The van der Waals surface area contributed by atoms with Gasteiger partial charge in [-0.25, -0.2) is 0 Å². The highest BCUT2D eigenvalue weighted by molar-refractivity contribution is 5.65. The fourth-order valence-corrected chi connectivity index (χ4v) is 6.83. The molecule has 0 nitrogen and oxygen atoms in total. The largest absolute Gasteiger partial charge is 0.0622 e. The van der Waals surface area contributed by atoms with E-state index in [4.69, 9.17) is 0 Å². The predicted octanol–water partition coefficient (Wildman–Crippen LogP) is 12.4. The zero-order valence-corrected chi connectivity index (χ0v) is 28.3. The minimum Gasteiger partial charge on any atom is -0.0622 e. The van der Waals surface area contributed by atoms with E-state index in [1.807, 2.05) is 0 Å². The zero-order valence-electron chi connectivity index (χ0n) is 28.3. The Balaban J connectivity index is 1.02. The molecule has 0 amide bonds. The van der Waals surface area contributed by atoms with Crippen molar-refractivity contribution in [3.63, 3.8) is 0 Å². The second-order valence-electron chi connectivity index (χ2n) is 13.2. The highest BCUT2D eigenvalue weighted by atomic mass is 14.1. The van der Waals surface area contributed by atoms with Crippen molar-refractivity contribution >= 4 is 0 Å². The molecule has 0 radical (unpaired) electrons. The molecule has 0 saturated carbocycles. The lowest BCUT2D eigenvalue weighted by Gasteiger charge is -2.12. The smallest absolute Gasteiger partial charge is 0.0184 e. The summed E-state index contributed by atoms with van der Waals surface area (Å²) in [5.41, 5.74) is 16.2. The maximum absolute atomic E-state index is 2.47. The maximum atomic E-state index is 2.47. The van der Waals surface area contributed by atoms with Crippen LogP contribution in [-0.2, 0) is 38.5 Å². The van der Waals surface area contributed by atoms with Crippen LogP contribution in [0.4, 0.5) is 0 Å². The van der Waals surface area contributed by atoms with Gasteiger partial charge >= 0.3 is 0 Å². The van der Waals surface area contributed by atoms with E-state index in [0.717, 1.165) is 44.9 Å². The van der Waals surface area contributed by atoms with Gasteiger partial charge in [0.1, 0.15) is 0 Å². The van der Waals surface area contributed by atoms with Crippen LogP contribution in [0.15, 0.2) is 182 Å². The first kappa shape index (κ1) is 32.1. The third-order valence-electron chi connectivity index (χ3n) is 9.63. The van der Waals surface area contributed by atoms with Gasteiger partial charge in [-0.1, -0.05) is 182 Å². The molecule has 7 aromatic carbocycles. The van der Waals surface area contributed by atoms with Crippen LogP contribution < -0.4 is 0 Å². The lowest BCUT2D eigenvalue weighted by atomic mass is 9.93. The van der Waals surface area contributed by atoms with E-state index < -0.39 is 0 Å². The third kappa shape index (κ3) is 8.92. The molecule has 0 bridgehead atoms. The monoisotopic (exact) mass is 632 g/mol. The van der Waals surface area contributed by atoms with Crippen LogP contribution in [0.2, 0.25) is 0 Å². The Bertz CT molecular complexity index is 1920. The number of hydrogen-bond acceptors (Lipinski definition) is 0. The summed E-state index contributed by atoms with van der Waals surface area (Å²) in [6.07, 6.45) is 7.54. The van der Waals surface area contributed by atoms with E-state index in [2.05, 4.69) is 182 Å². The zero-order chi connectivity index (χ0) is 33.1. The van der Waals surface area contributed by atoms with Crippen LogP contribution in [0.3, 0.4) is 0 Å².